The maximum absolute atomic E-state index is 11.8. The van der Waals surface area contributed by atoms with Crippen molar-refractivity contribution in [2.45, 2.75) is 64.7 Å². The number of aromatic nitrogens is 3. The van der Waals surface area contributed by atoms with E-state index in [9.17, 15) is 4.79 Å². The van der Waals surface area contributed by atoms with Crippen LogP contribution < -0.4 is 5.32 Å². The molecule has 0 aromatic carbocycles. The third-order valence-electron chi connectivity index (χ3n) is 5.92. The third kappa shape index (κ3) is 4.73. The number of alkyl carbamates (subject to hydrolysis) is 1. The number of hydrogen-bond acceptors (Lipinski definition) is 4. The lowest BCUT2D eigenvalue weighted by Crippen LogP contribution is -2.26. The molecule has 1 saturated carbocycles. The summed E-state index contributed by atoms with van der Waals surface area (Å²) in [5.74, 6) is 1.93. The SMILES string of the molecule is CCCCCCCNC(=O)OC[C@@H]1[C@@H]2CCc3c(nnn3C)CC[C@@H]21. The Morgan fingerprint density at radius 3 is 2.76 bits per heavy atom. The number of carbonyl (C=O) groups excluding carboxylic acids is 1. The summed E-state index contributed by atoms with van der Waals surface area (Å²) in [4.78, 5) is 11.8. The van der Waals surface area contributed by atoms with E-state index in [-0.39, 0.29) is 6.09 Å². The average molecular weight is 348 g/mol. The number of hydrogen-bond donors (Lipinski definition) is 1. The van der Waals surface area contributed by atoms with Gasteiger partial charge in [-0.1, -0.05) is 37.8 Å². The van der Waals surface area contributed by atoms with E-state index >= 15 is 0 Å². The molecule has 0 bridgehead atoms. The summed E-state index contributed by atoms with van der Waals surface area (Å²) in [6, 6.07) is 0. The van der Waals surface area contributed by atoms with Crippen molar-refractivity contribution in [1.82, 2.24) is 20.3 Å². The van der Waals surface area contributed by atoms with Gasteiger partial charge in [0.15, 0.2) is 0 Å². The van der Waals surface area contributed by atoms with Crippen molar-refractivity contribution in [3.63, 3.8) is 0 Å². The number of nitrogens with one attached hydrogen (secondary N) is 1. The second-order valence-electron chi connectivity index (χ2n) is 7.61. The van der Waals surface area contributed by atoms with Crippen LogP contribution in [0, 0.1) is 17.8 Å². The standard InChI is InChI=1S/C19H32N4O2/c1-3-4-5-6-7-12-20-19(24)25-13-16-14-8-10-17-18(11-9-15(14)16)23(2)22-21-17/h14-16H,3-13H2,1-2H3,(H,20,24)/t14-,15+,16-/m0/s1. The zero-order chi connectivity index (χ0) is 17.6. The first-order chi connectivity index (χ1) is 12.2. The highest BCUT2D eigenvalue weighted by molar-refractivity contribution is 5.67. The first-order valence-electron chi connectivity index (χ1n) is 9.98. The van der Waals surface area contributed by atoms with Crippen LogP contribution in [0.15, 0.2) is 0 Å². The molecule has 1 amide bonds. The van der Waals surface area contributed by atoms with E-state index in [0.717, 1.165) is 44.3 Å². The number of carbonyl (C=O) groups is 1. The van der Waals surface area contributed by atoms with Gasteiger partial charge in [-0.05, 0) is 49.9 Å². The van der Waals surface area contributed by atoms with Crippen molar-refractivity contribution in [1.29, 1.82) is 0 Å². The van der Waals surface area contributed by atoms with Crippen LogP contribution in [0.3, 0.4) is 0 Å². The second kappa shape index (κ2) is 8.68. The summed E-state index contributed by atoms with van der Waals surface area (Å²) in [7, 11) is 1.98. The van der Waals surface area contributed by atoms with Gasteiger partial charge in [0.2, 0.25) is 0 Å². The number of rotatable bonds is 8. The lowest BCUT2D eigenvalue weighted by Gasteiger charge is -2.07. The average Bonchev–Trinajstić information content (AvgIpc) is 3.13. The van der Waals surface area contributed by atoms with E-state index in [0.29, 0.717) is 24.4 Å². The van der Waals surface area contributed by atoms with Crippen LogP contribution in [0.2, 0.25) is 0 Å². The molecule has 1 heterocycles. The van der Waals surface area contributed by atoms with Gasteiger partial charge in [-0.3, -0.25) is 4.68 Å². The molecule has 1 aromatic rings. The Hall–Kier alpha value is -1.59. The van der Waals surface area contributed by atoms with Crippen LogP contribution in [0.5, 0.6) is 0 Å². The van der Waals surface area contributed by atoms with Gasteiger partial charge in [0.05, 0.1) is 18.0 Å². The maximum Gasteiger partial charge on any atom is 0.407 e. The van der Waals surface area contributed by atoms with E-state index in [2.05, 4.69) is 22.6 Å². The highest BCUT2D eigenvalue weighted by Gasteiger charge is 2.50. The van der Waals surface area contributed by atoms with Gasteiger partial charge in [-0.2, -0.15) is 0 Å². The predicted molar refractivity (Wildman–Crippen MR) is 96.2 cm³/mol. The molecule has 0 saturated heterocycles. The fourth-order valence-corrected chi connectivity index (χ4v) is 4.30. The summed E-state index contributed by atoms with van der Waals surface area (Å²) < 4.78 is 7.38. The first kappa shape index (κ1) is 18.2. The van der Waals surface area contributed by atoms with Crippen molar-refractivity contribution in [2.24, 2.45) is 24.8 Å². The Morgan fingerprint density at radius 2 is 1.96 bits per heavy atom. The van der Waals surface area contributed by atoms with Crippen molar-refractivity contribution in [2.75, 3.05) is 13.2 Å². The summed E-state index contributed by atoms with van der Waals surface area (Å²) in [6.07, 6.45) is 10.1. The zero-order valence-electron chi connectivity index (χ0n) is 15.7. The molecule has 0 aliphatic heterocycles. The highest BCUT2D eigenvalue weighted by atomic mass is 16.5. The van der Waals surface area contributed by atoms with Gasteiger partial charge in [0, 0.05) is 13.6 Å². The third-order valence-corrected chi connectivity index (χ3v) is 5.92. The summed E-state index contributed by atoms with van der Waals surface area (Å²) in [5, 5.41) is 11.3. The van der Waals surface area contributed by atoms with Gasteiger partial charge < -0.3 is 10.1 Å². The Morgan fingerprint density at radius 1 is 1.20 bits per heavy atom. The van der Waals surface area contributed by atoms with E-state index in [1.165, 1.54) is 31.4 Å². The van der Waals surface area contributed by atoms with Gasteiger partial charge in [0.1, 0.15) is 0 Å². The fraction of sp³-hybridized carbons (Fsp3) is 0.842. The summed E-state index contributed by atoms with van der Waals surface area (Å²) >= 11 is 0. The van der Waals surface area contributed by atoms with Crippen LogP contribution >= 0.6 is 0 Å². The van der Waals surface area contributed by atoms with Crippen molar-refractivity contribution < 1.29 is 9.53 Å². The van der Waals surface area contributed by atoms with Crippen LogP contribution in [-0.2, 0) is 24.6 Å². The molecular formula is C19H32N4O2. The van der Waals surface area contributed by atoms with Crippen molar-refractivity contribution in [3.8, 4) is 0 Å². The van der Waals surface area contributed by atoms with Gasteiger partial charge in [-0.25, -0.2) is 4.79 Å². The number of amides is 1. The Kier molecular flexibility index (Phi) is 6.32. The van der Waals surface area contributed by atoms with Crippen LogP contribution in [-0.4, -0.2) is 34.2 Å². The predicted octanol–water partition coefficient (Wildman–Crippen LogP) is 3.25. The summed E-state index contributed by atoms with van der Waals surface area (Å²) in [6.45, 7) is 3.51. The largest absolute Gasteiger partial charge is 0.449 e. The smallest absolute Gasteiger partial charge is 0.407 e. The number of nitrogens with zero attached hydrogens (tertiary/aromatic N) is 3. The van der Waals surface area contributed by atoms with E-state index in [1.807, 2.05) is 11.7 Å². The Bertz CT molecular complexity index is 572. The zero-order valence-corrected chi connectivity index (χ0v) is 15.7. The minimum absolute atomic E-state index is 0.246. The molecule has 0 unspecified atom stereocenters. The molecule has 25 heavy (non-hydrogen) atoms. The van der Waals surface area contributed by atoms with Crippen molar-refractivity contribution >= 4 is 6.09 Å². The molecule has 1 N–H and O–H groups in total. The molecule has 1 fully saturated rings. The molecule has 2 aliphatic carbocycles. The molecule has 6 nitrogen and oxygen atoms in total. The van der Waals surface area contributed by atoms with E-state index in [4.69, 9.17) is 4.74 Å². The van der Waals surface area contributed by atoms with E-state index < -0.39 is 0 Å². The minimum Gasteiger partial charge on any atom is -0.449 e. The number of ether oxygens (including phenoxy) is 1. The second-order valence-corrected chi connectivity index (χ2v) is 7.61. The molecule has 1 aromatic heterocycles. The Labute approximate surface area is 150 Å². The quantitative estimate of drug-likeness (QED) is 0.732. The number of unbranched alkanes of at least 4 members (excludes halogenated alkanes) is 4. The maximum atomic E-state index is 11.8. The molecule has 3 atom stereocenters. The molecule has 2 aliphatic rings. The van der Waals surface area contributed by atoms with Gasteiger partial charge in [-0.15, -0.1) is 5.10 Å². The normalized spacial score (nSPS) is 24.6. The van der Waals surface area contributed by atoms with Crippen LogP contribution in [0.4, 0.5) is 4.79 Å². The van der Waals surface area contributed by atoms with Crippen molar-refractivity contribution in [3.05, 3.63) is 11.4 Å². The minimum atomic E-state index is -0.246. The molecule has 0 spiro atoms. The van der Waals surface area contributed by atoms with Gasteiger partial charge in [0.25, 0.3) is 0 Å². The van der Waals surface area contributed by atoms with E-state index in [1.54, 1.807) is 0 Å². The number of fused-ring (bicyclic) bond motifs is 2. The van der Waals surface area contributed by atoms with Crippen LogP contribution in [0.1, 0.15) is 63.3 Å². The summed E-state index contributed by atoms with van der Waals surface area (Å²) in [5.41, 5.74) is 2.44. The molecular weight excluding hydrogens is 316 g/mol. The highest BCUT2D eigenvalue weighted by Crippen LogP contribution is 2.52. The number of aryl methyl sites for hydroxylation is 2. The monoisotopic (exact) mass is 348 g/mol. The van der Waals surface area contributed by atoms with Gasteiger partial charge >= 0.3 is 6.09 Å². The van der Waals surface area contributed by atoms with Crippen LogP contribution in [0.25, 0.3) is 0 Å². The first-order valence-corrected chi connectivity index (χ1v) is 9.98. The lowest BCUT2D eigenvalue weighted by molar-refractivity contribution is 0.137. The fourth-order valence-electron chi connectivity index (χ4n) is 4.30. The molecule has 3 rings (SSSR count). The topological polar surface area (TPSA) is 69.0 Å². The molecule has 6 heteroatoms. The molecule has 140 valence electrons. The molecule has 0 radical (unpaired) electrons. The lowest BCUT2D eigenvalue weighted by atomic mass is 10.0. The Balaban J connectivity index is 1.32.